The van der Waals surface area contributed by atoms with Crippen LogP contribution in [0, 0.1) is 0 Å². The predicted octanol–water partition coefficient (Wildman–Crippen LogP) is 4.50. The van der Waals surface area contributed by atoms with Crippen LogP contribution in [0.25, 0.3) is 11.0 Å². The van der Waals surface area contributed by atoms with E-state index in [2.05, 4.69) is 10.1 Å². The Bertz CT molecular complexity index is 1540. The van der Waals surface area contributed by atoms with E-state index >= 15 is 0 Å². The number of ether oxygens (including phenoxy) is 2. The van der Waals surface area contributed by atoms with Gasteiger partial charge in [-0.2, -0.15) is 0 Å². The maximum atomic E-state index is 12.9. The number of esters is 1. The largest absolute Gasteiger partial charge is 0.491 e. The van der Waals surface area contributed by atoms with E-state index in [1.165, 1.54) is 13.2 Å². The van der Waals surface area contributed by atoms with Gasteiger partial charge in [-0.1, -0.05) is 48.5 Å². The Hall–Kier alpha value is -4.72. The molecule has 0 bridgehead atoms. The van der Waals surface area contributed by atoms with Gasteiger partial charge in [0.25, 0.3) is 0 Å². The Morgan fingerprint density at radius 2 is 1.63 bits per heavy atom. The van der Waals surface area contributed by atoms with E-state index in [-0.39, 0.29) is 35.5 Å². The molecular formula is C30H27NO7. The molecule has 4 aromatic rings. The molecule has 1 heterocycles. The van der Waals surface area contributed by atoms with Crippen molar-refractivity contribution in [1.82, 2.24) is 5.32 Å². The highest BCUT2D eigenvalue weighted by atomic mass is 16.5. The second-order valence-electron chi connectivity index (χ2n) is 8.90. The molecule has 3 aromatic carbocycles. The number of carbonyl (C=O) groups is 3. The van der Waals surface area contributed by atoms with E-state index in [9.17, 15) is 19.2 Å². The van der Waals surface area contributed by atoms with Crippen molar-refractivity contribution < 1.29 is 28.3 Å². The summed E-state index contributed by atoms with van der Waals surface area (Å²) in [5, 5.41) is 3.47. The van der Waals surface area contributed by atoms with Gasteiger partial charge in [-0.15, -0.1) is 0 Å². The standard InChI is InChI=1S/C30H27NO7/c1-18(17-37-24-13-12-22-15-25(29(34)36-3)30(35)38-26(22)16-24)31-28(33)19(2)21-10-7-11-23(14-21)27(32)20-8-5-4-6-9-20/h4-16,18-19H,17H2,1-3H3,(H,31,33)/t18-,19?/m0/s1. The van der Waals surface area contributed by atoms with Crippen molar-refractivity contribution in [2.75, 3.05) is 13.7 Å². The minimum Gasteiger partial charge on any atom is -0.491 e. The lowest BCUT2D eigenvalue weighted by atomic mass is 9.95. The molecule has 0 saturated heterocycles. The summed E-state index contributed by atoms with van der Waals surface area (Å²) in [6.07, 6.45) is 0. The molecule has 38 heavy (non-hydrogen) atoms. The van der Waals surface area contributed by atoms with Crippen LogP contribution in [0.2, 0.25) is 0 Å². The third kappa shape index (κ3) is 5.98. The van der Waals surface area contributed by atoms with E-state index in [0.717, 1.165) is 5.56 Å². The van der Waals surface area contributed by atoms with Crippen molar-refractivity contribution in [2.45, 2.75) is 25.8 Å². The predicted molar refractivity (Wildman–Crippen MR) is 142 cm³/mol. The van der Waals surface area contributed by atoms with Crippen molar-refractivity contribution in [3.8, 4) is 5.75 Å². The molecule has 0 fully saturated rings. The third-order valence-electron chi connectivity index (χ3n) is 6.08. The molecule has 1 N–H and O–H groups in total. The summed E-state index contributed by atoms with van der Waals surface area (Å²) in [6, 6.07) is 22.0. The minimum absolute atomic E-state index is 0.102. The quantitative estimate of drug-likeness (QED) is 0.199. The van der Waals surface area contributed by atoms with Crippen LogP contribution in [-0.2, 0) is 9.53 Å². The number of ketones is 1. The number of amides is 1. The van der Waals surface area contributed by atoms with Crippen molar-refractivity contribution in [2.24, 2.45) is 0 Å². The molecule has 0 aliphatic carbocycles. The second-order valence-corrected chi connectivity index (χ2v) is 8.90. The Labute approximate surface area is 219 Å². The molecule has 8 nitrogen and oxygen atoms in total. The number of nitrogens with one attached hydrogen (secondary N) is 1. The smallest absolute Gasteiger partial charge is 0.351 e. The van der Waals surface area contributed by atoms with Crippen LogP contribution in [0.3, 0.4) is 0 Å². The summed E-state index contributed by atoms with van der Waals surface area (Å²) < 4.78 is 15.6. The molecule has 194 valence electrons. The molecule has 0 aliphatic heterocycles. The summed E-state index contributed by atoms with van der Waals surface area (Å²) in [6.45, 7) is 3.76. The van der Waals surface area contributed by atoms with Gasteiger partial charge in [0.15, 0.2) is 5.78 Å². The lowest BCUT2D eigenvalue weighted by molar-refractivity contribution is -0.123. The van der Waals surface area contributed by atoms with Gasteiger partial charge in [-0.25, -0.2) is 9.59 Å². The van der Waals surface area contributed by atoms with Crippen LogP contribution in [0.5, 0.6) is 5.75 Å². The monoisotopic (exact) mass is 513 g/mol. The Morgan fingerprint density at radius 3 is 2.37 bits per heavy atom. The topological polar surface area (TPSA) is 112 Å². The summed E-state index contributed by atoms with van der Waals surface area (Å²) in [7, 11) is 1.19. The molecule has 0 aliphatic rings. The van der Waals surface area contributed by atoms with Crippen LogP contribution in [0.4, 0.5) is 0 Å². The normalized spacial score (nSPS) is 12.4. The highest BCUT2D eigenvalue weighted by Gasteiger charge is 2.20. The zero-order valence-electron chi connectivity index (χ0n) is 21.2. The zero-order valence-corrected chi connectivity index (χ0v) is 21.2. The van der Waals surface area contributed by atoms with E-state index in [4.69, 9.17) is 9.15 Å². The average molecular weight is 514 g/mol. The van der Waals surface area contributed by atoms with Gasteiger partial charge in [0, 0.05) is 22.6 Å². The summed E-state index contributed by atoms with van der Waals surface area (Å²) in [4.78, 5) is 49.5. The van der Waals surface area contributed by atoms with Gasteiger partial charge in [0.05, 0.1) is 19.1 Å². The average Bonchev–Trinajstić information content (AvgIpc) is 2.94. The second kappa shape index (κ2) is 11.6. The maximum absolute atomic E-state index is 12.9. The SMILES string of the molecule is COC(=O)c1cc2ccc(OC[C@H](C)NC(=O)C(C)c3cccc(C(=O)c4ccccc4)c3)cc2oc1=O. The van der Waals surface area contributed by atoms with Crippen LogP contribution < -0.4 is 15.7 Å². The molecule has 1 aromatic heterocycles. The molecule has 0 spiro atoms. The number of hydrogen-bond donors (Lipinski definition) is 1. The molecule has 1 unspecified atom stereocenters. The summed E-state index contributed by atoms with van der Waals surface area (Å²) in [5.74, 6) is -1.12. The molecule has 1 amide bonds. The highest BCUT2D eigenvalue weighted by molar-refractivity contribution is 6.09. The van der Waals surface area contributed by atoms with E-state index in [1.54, 1.807) is 55.5 Å². The van der Waals surface area contributed by atoms with Crippen molar-refractivity contribution in [1.29, 1.82) is 0 Å². The van der Waals surface area contributed by atoms with Crippen molar-refractivity contribution in [3.05, 3.63) is 112 Å². The van der Waals surface area contributed by atoms with E-state index in [1.807, 2.05) is 31.2 Å². The number of methoxy groups -OCH3 is 1. The lowest BCUT2D eigenvalue weighted by Crippen LogP contribution is -2.39. The molecule has 8 heteroatoms. The van der Waals surface area contributed by atoms with Crippen LogP contribution in [0.15, 0.2) is 88.1 Å². The number of benzene rings is 3. The van der Waals surface area contributed by atoms with Crippen molar-refractivity contribution >= 4 is 28.6 Å². The molecule has 2 atom stereocenters. The Kier molecular flexibility index (Phi) is 8.01. The summed E-state index contributed by atoms with van der Waals surface area (Å²) in [5.41, 5.74) is 1.11. The lowest BCUT2D eigenvalue weighted by Gasteiger charge is -2.19. The number of hydrogen-bond acceptors (Lipinski definition) is 7. The Balaban J connectivity index is 1.37. The summed E-state index contributed by atoms with van der Waals surface area (Å²) >= 11 is 0. The van der Waals surface area contributed by atoms with Gasteiger partial charge in [-0.3, -0.25) is 9.59 Å². The van der Waals surface area contributed by atoms with E-state index < -0.39 is 17.5 Å². The molecular weight excluding hydrogens is 486 g/mol. The fourth-order valence-corrected chi connectivity index (χ4v) is 3.92. The van der Waals surface area contributed by atoms with Crippen molar-refractivity contribution in [3.63, 3.8) is 0 Å². The Morgan fingerprint density at radius 1 is 0.895 bits per heavy atom. The highest BCUT2D eigenvalue weighted by Crippen LogP contribution is 2.22. The first-order valence-corrected chi connectivity index (χ1v) is 12.1. The first-order chi connectivity index (χ1) is 18.3. The number of carbonyl (C=O) groups excluding carboxylic acids is 3. The van der Waals surface area contributed by atoms with E-state index in [0.29, 0.717) is 22.3 Å². The van der Waals surface area contributed by atoms with Gasteiger partial charge in [0.2, 0.25) is 5.91 Å². The first-order valence-electron chi connectivity index (χ1n) is 12.1. The van der Waals surface area contributed by atoms with Crippen LogP contribution >= 0.6 is 0 Å². The molecule has 0 radical (unpaired) electrons. The fraction of sp³-hybridized carbons (Fsp3) is 0.200. The first kappa shape index (κ1) is 26.3. The molecule has 0 saturated carbocycles. The minimum atomic E-state index is -0.800. The maximum Gasteiger partial charge on any atom is 0.351 e. The number of rotatable bonds is 9. The third-order valence-corrected chi connectivity index (χ3v) is 6.08. The number of fused-ring (bicyclic) bond motifs is 1. The fourth-order valence-electron chi connectivity index (χ4n) is 3.92. The van der Waals surface area contributed by atoms with Crippen LogP contribution in [-0.4, -0.2) is 37.4 Å². The molecule has 4 rings (SSSR count). The van der Waals surface area contributed by atoms with Gasteiger partial charge in [-0.05, 0) is 43.7 Å². The van der Waals surface area contributed by atoms with Gasteiger partial charge in [0.1, 0.15) is 23.5 Å². The van der Waals surface area contributed by atoms with Gasteiger partial charge < -0.3 is 19.2 Å². The zero-order chi connectivity index (χ0) is 27.2. The van der Waals surface area contributed by atoms with Crippen LogP contribution in [0.1, 0.15) is 51.6 Å². The van der Waals surface area contributed by atoms with Gasteiger partial charge >= 0.3 is 11.6 Å².